The third-order valence-corrected chi connectivity index (χ3v) is 6.82. The summed E-state index contributed by atoms with van der Waals surface area (Å²) < 4.78 is 8.58. The van der Waals surface area contributed by atoms with E-state index >= 15 is 0 Å². The molecule has 1 heterocycles. The summed E-state index contributed by atoms with van der Waals surface area (Å²) in [7, 11) is 0. The Morgan fingerprint density at radius 3 is 2.49 bits per heavy atom. The average Bonchev–Trinajstić information content (AvgIpc) is 3.29. The number of nitrogens with zero attached hydrogens (tertiary/aromatic N) is 3. The predicted octanol–water partition coefficient (Wildman–Crippen LogP) is 6.70. The lowest BCUT2D eigenvalue weighted by Crippen LogP contribution is -2.16. The van der Waals surface area contributed by atoms with E-state index in [4.69, 9.17) is 4.74 Å². The molecule has 3 aromatic carbocycles. The Balaban J connectivity index is 1.59. The molecule has 8 heteroatoms. The van der Waals surface area contributed by atoms with Crippen molar-refractivity contribution in [1.82, 2.24) is 14.8 Å². The molecule has 1 amide bonds. The summed E-state index contributed by atoms with van der Waals surface area (Å²) in [5.74, 6) is 1.64. The van der Waals surface area contributed by atoms with E-state index in [0.29, 0.717) is 11.8 Å². The third-order valence-electron chi connectivity index (χ3n) is 5.43. The van der Waals surface area contributed by atoms with Gasteiger partial charge in [-0.15, -0.1) is 10.2 Å². The van der Waals surface area contributed by atoms with Gasteiger partial charge in [0.25, 0.3) is 0 Å². The quantitative estimate of drug-likeness (QED) is 0.235. The standard InChI is InChI=1S/C27H27BrN4O2S/c1-4-19-16-21(28)15-18(3)25(19)29-24(33)17-35-27-31-30-26(20-9-7-6-8-10-20)32(27)22-11-13-23(14-12-22)34-5-2/h6-16H,4-5,17H2,1-3H3,(H,29,33). The van der Waals surface area contributed by atoms with E-state index in [-0.39, 0.29) is 11.7 Å². The first-order valence-electron chi connectivity index (χ1n) is 11.5. The first-order chi connectivity index (χ1) is 17.0. The van der Waals surface area contributed by atoms with Crippen molar-refractivity contribution < 1.29 is 9.53 Å². The zero-order valence-electron chi connectivity index (χ0n) is 19.9. The Morgan fingerprint density at radius 2 is 1.80 bits per heavy atom. The van der Waals surface area contributed by atoms with Crippen molar-refractivity contribution in [2.45, 2.75) is 32.3 Å². The van der Waals surface area contributed by atoms with E-state index < -0.39 is 0 Å². The lowest BCUT2D eigenvalue weighted by Gasteiger charge is -2.14. The highest BCUT2D eigenvalue weighted by Crippen LogP contribution is 2.30. The van der Waals surface area contributed by atoms with Gasteiger partial charge in [-0.25, -0.2) is 0 Å². The van der Waals surface area contributed by atoms with Crippen LogP contribution in [0.15, 0.2) is 76.4 Å². The second kappa shape index (κ2) is 11.6. The second-order valence-corrected chi connectivity index (χ2v) is 9.74. The molecule has 6 nitrogen and oxygen atoms in total. The van der Waals surface area contributed by atoms with Gasteiger partial charge in [-0.2, -0.15) is 0 Å². The fourth-order valence-electron chi connectivity index (χ4n) is 3.80. The number of aryl methyl sites for hydroxylation is 2. The Morgan fingerprint density at radius 1 is 1.06 bits per heavy atom. The fourth-order valence-corrected chi connectivity index (χ4v) is 5.18. The van der Waals surface area contributed by atoms with Crippen molar-refractivity contribution in [2.75, 3.05) is 17.7 Å². The van der Waals surface area contributed by atoms with Crippen molar-refractivity contribution in [3.8, 4) is 22.8 Å². The van der Waals surface area contributed by atoms with Crippen molar-refractivity contribution >= 4 is 39.3 Å². The number of nitrogens with one attached hydrogen (secondary N) is 1. The number of carbonyl (C=O) groups excluding carboxylic acids is 1. The van der Waals surface area contributed by atoms with Gasteiger partial charge in [0.2, 0.25) is 5.91 Å². The van der Waals surface area contributed by atoms with E-state index in [1.165, 1.54) is 11.8 Å². The van der Waals surface area contributed by atoms with Gasteiger partial charge in [-0.05, 0) is 67.8 Å². The Kier molecular flexibility index (Phi) is 8.25. The van der Waals surface area contributed by atoms with Gasteiger partial charge in [0, 0.05) is 21.4 Å². The second-order valence-electron chi connectivity index (χ2n) is 7.88. The Hall–Kier alpha value is -3.10. The minimum Gasteiger partial charge on any atom is -0.494 e. The van der Waals surface area contributed by atoms with Gasteiger partial charge < -0.3 is 10.1 Å². The molecular formula is C27H27BrN4O2S. The molecule has 1 N–H and O–H groups in total. The summed E-state index contributed by atoms with van der Waals surface area (Å²) in [6.07, 6.45) is 0.829. The maximum Gasteiger partial charge on any atom is 0.234 e. The molecule has 0 saturated carbocycles. The molecular weight excluding hydrogens is 524 g/mol. The van der Waals surface area contributed by atoms with Crippen LogP contribution in [0.4, 0.5) is 5.69 Å². The van der Waals surface area contributed by atoms with Gasteiger partial charge in [-0.1, -0.05) is 64.9 Å². The number of thioether (sulfide) groups is 1. The summed E-state index contributed by atoms with van der Waals surface area (Å²) in [6, 6.07) is 21.8. The average molecular weight is 552 g/mol. The number of hydrogen-bond donors (Lipinski definition) is 1. The smallest absolute Gasteiger partial charge is 0.234 e. The van der Waals surface area contributed by atoms with Gasteiger partial charge in [-0.3, -0.25) is 9.36 Å². The molecule has 0 unspecified atom stereocenters. The molecule has 4 rings (SSSR count). The first kappa shape index (κ1) is 25.0. The summed E-state index contributed by atoms with van der Waals surface area (Å²) in [5.41, 5.74) is 4.84. The molecule has 0 aliphatic rings. The van der Waals surface area contributed by atoms with Gasteiger partial charge in [0.1, 0.15) is 5.75 Å². The number of hydrogen-bond acceptors (Lipinski definition) is 5. The van der Waals surface area contributed by atoms with E-state index in [1.54, 1.807) is 0 Å². The molecule has 4 aromatic rings. The lowest BCUT2D eigenvalue weighted by atomic mass is 10.1. The van der Waals surface area contributed by atoms with Gasteiger partial charge >= 0.3 is 0 Å². The van der Waals surface area contributed by atoms with Crippen molar-refractivity contribution in [3.05, 3.63) is 82.3 Å². The first-order valence-corrected chi connectivity index (χ1v) is 13.2. The number of halogens is 1. The Bertz CT molecular complexity index is 1310. The lowest BCUT2D eigenvalue weighted by molar-refractivity contribution is -0.113. The molecule has 0 aliphatic carbocycles. The van der Waals surface area contributed by atoms with Crippen LogP contribution in [0.25, 0.3) is 17.1 Å². The predicted molar refractivity (Wildman–Crippen MR) is 146 cm³/mol. The van der Waals surface area contributed by atoms with Crippen LogP contribution in [0.5, 0.6) is 5.75 Å². The van der Waals surface area contributed by atoms with Crippen molar-refractivity contribution in [3.63, 3.8) is 0 Å². The molecule has 0 saturated heterocycles. The maximum absolute atomic E-state index is 12.9. The summed E-state index contributed by atoms with van der Waals surface area (Å²) in [5, 5.41) is 12.6. The van der Waals surface area contributed by atoms with Crippen molar-refractivity contribution in [1.29, 1.82) is 0 Å². The number of amides is 1. The van der Waals surface area contributed by atoms with E-state index in [0.717, 1.165) is 50.5 Å². The van der Waals surface area contributed by atoms with Crippen molar-refractivity contribution in [2.24, 2.45) is 0 Å². The number of rotatable bonds is 9. The number of benzene rings is 3. The minimum atomic E-state index is -0.0855. The molecule has 0 bridgehead atoms. The molecule has 0 spiro atoms. The molecule has 0 aliphatic heterocycles. The van der Waals surface area contributed by atoms with Crippen LogP contribution >= 0.6 is 27.7 Å². The molecule has 0 atom stereocenters. The zero-order valence-corrected chi connectivity index (χ0v) is 22.3. The van der Waals surface area contributed by atoms with E-state index in [2.05, 4.69) is 38.4 Å². The summed E-state index contributed by atoms with van der Waals surface area (Å²) in [6.45, 7) is 6.65. The summed E-state index contributed by atoms with van der Waals surface area (Å²) in [4.78, 5) is 12.9. The van der Waals surface area contributed by atoms with Gasteiger partial charge in [0.15, 0.2) is 11.0 Å². The largest absolute Gasteiger partial charge is 0.494 e. The molecule has 1 aromatic heterocycles. The summed E-state index contributed by atoms with van der Waals surface area (Å²) >= 11 is 4.90. The number of aromatic nitrogens is 3. The highest BCUT2D eigenvalue weighted by Gasteiger charge is 2.18. The highest BCUT2D eigenvalue weighted by molar-refractivity contribution is 9.10. The fraction of sp³-hybridized carbons (Fsp3) is 0.222. The van der Waals surface area contributed by atoms with Crippen LogP contribution in [0.3, 0.4) is 0 Å². The maximum atomic E-state index is 12.9. The normalized spacial score (nSPS) is 10.9. The van der Waals surface area contributed by atoms with Crippen LogP contribution in [0.2, 0.25) is 0 Å². The monoisotopic (exact) mass is 550 g/mol. The molecule has 0 radical (unpaired) electrons. The molecule has 180 valence electrons. The zero-order chi connectivity index (χ0) is 24.8. The SMILES string of the molecule is CCOc1ccc(-n2c(SCC(=O)Nc3c(C)cc(Br)cc3CC)nnc2-c2ccccc2)cc1. The number of anilines is 1. The topological polar surface area (TPSA) is 69.0 Å². The number of carbonyl (C=O) groups is 1. The molecule has 0 fully saturated rings. The van der Waals surface area contributed by atoms with Crippen LogP contribution in [0.1, 0.15) is 25.0 Å². The third kappa shape index (κ3) is 5.94. The minimum absolute atomic E-state index is 0.0855. The number of ether oxygens (including phenoxy) is 1. The Labute approximate surface area is 218 Å². The van der Waals surface area contributed by atoms with Crippen LogP contribution in [-0.4, -0.2) is 33.0 Å². The van der Waals surface area contributed by atoms with E-state index in [1.807, 2.05) is 85.1 Å². The molecule has 35 heavy (non-hydrogen) atoms. The van der Waals surface area contributed by atoms with E-state index in [9.17, 15) is 4.79 Å². The van der Waals surface area contributed by atoms with Gasteiger partial charge in [0.05, 0.1) is 12.4 Å². The van der Waals surface area contributed by atoms with Crippen LogP contribution in [0, 0.1) is 6.92 Å². The van der Waals surface area contributed by atoms with Crippen LogP contribution in [-0.2, 0) is 11.2 Å². The van der Waals surface area contributed by atoms with Crippen LogP contribution < -0.4 is 10.1 Å². The highest BCUT2D eigenvalue weighted by atomic mass is 79.9.